The Morgan fingerprint density at radius 1 is 1.29 bits per heavy atom. The quantitative estimate of drug-likeness (QED) is 0.448. The zero-order valence-electron chi connectivity index (χ0n) is 13.9. The fraction of sp³-hybridized carbons (Fsp3) is 0.412. The second-order valence-electron chi connectivity index (χ2n) is 5.70. The van der Waals surface area contributed by atoms with Crippen LogP contribution in [-0.2, 0) is 17.8 Å². The molecule has 24 heavy (non-hydrogen) atoms. The first-order valence-corrected chi connectivity index (χ1v) is 7.90. The number of imidazole rings is 1. The van der Waals surface area contributed by atoms with Gasteiger partial charge in [0, 0.05) is 32.0 Å². The molecule has 130 valence electrons. The van der Waals surface area contributed by atoms with E-state index in [9.17, 15) is 0 Å². The van der Waals surface area contributed by atoms with Crippen molar-refractivity contribution in [1.29, 1.82) is 0 Å². The van der Waals surface area contributed by atoms with Crippen molar-refractivity contribution in [2.75, 3.05) is 26.3 Å². The molecule has 1 fully saturated rings. The first-order chi connectivity index (χ1) is 11.2. The lowest BCUT2D eigenvalue weighted by molar-refractivity contribution is 0.0674. The van der Waals surface area contributed by atoms with Gasteiger partial charge < -0.3 is 19.9 Å². The van der Waals surface area contributed by atoms with Crippen LogP contribution in [0.4, 0.5) is 0 Å². The van der Waals surface area contributed by atoms with Gasteiger partial charge in [0.15, 0.2) is 5.96 Å². The highest BCUT2D eigenvalue weighted by molar-refractivity contribution is 14.0. The molecule has 0 saturated carbocycles. The van der Waals surface area contributed by atoms with E-state index in [0.29, 0.717) is 12.5 Å². The van der Waals surface area contributed by atoms with Crippen molar-refractivity contribution in [3.63, 3.8) is 0 Å². The fourth-order valence-electron chi connectivity index (χ4n) is 2.66. The van der Waals surface area contributed by atoms with Gasteiger partial charge in [-0.1, -0.05) is 24.3 Å². The standard InChI is InChI=1S/C17H23N5O.HI/c1-14-19-5-6-22(14)13-16-4-2-3-15(11-16)12-20-17(18)21-7-9-23-10-8-21;/h2-6,11H,7-10,12-13H2,1H3,(H2,18,20);1H. The Morgan fingerprint density at radius 3 is 2.75 bits per heavy atom. The number of rotatable bonds is 4. The highest BCUT2D eigenvalue weighted by Crippen LogP contribution is 2.10. The third-order valence-electron chi connectivity index (χ3n) is 4.03. The summed E-state index contributed by atoms with van der Waals surface area (Å²) >= 11 is 0. The van der Waals surface area contributed by atoms with E-state index in [4.69, 9.17) is 10.5 Å². The first-order valence-electron chi connectivity index (χ1n) is 7.90. The highest BCUT2D eigenvalue weighted by Gasteiger charge is 2.11. The minimum Gasteiger partial charge on any atom is -0.378 e. The Labute approximate surface area is 159 Å². The summed E-state index contributed by atoms with van der Waals surface area (Å²) in [6.07, 6.45) is 3.82. The largest absolute Gasteiger partial charge is 0.378 e. The number of hydrogen-bond donors (Lipinski definition) is 1. The molecule has 0 amide bonds. The van der Waals surface area contributed by atoms with E-state index in [2.05, 4.69) is 43.7 Å². The zero-order chi connectivity index (χ0) is 16.1. The maximum atomic E-state index is 6.07. The molecule has 3 rings (SSSR count). The van der Waals surface area contributed by atoms with Crippen molar-refractivity contribution >= 4 is 29.9 Å². The van der Waals surface area contributed by atoms with Crippen LogP contribution in [0.15, 0.2) is 41.7 Å². The van der Waals surface area contributed by atoms with E-state index >= 15 is 0 Å². The summed E-state index contributed by atoms with van der Waals surface area (Å²) in [5.74, 6) is 1.62. The molecule has 0 spiro atoms. The Morgan fingerprint density at radius 2 is 2.04 bits per heavy atom. The minimum atomic E-state index is 0. The van der Waals surface area contributed by atoms with Crippen LogP contribution >= 0.6 is 24.0 Å². The van der Waals surface area contributed by atoms with Gasteiger partial charge in [0.05, 0.1) is 19.8 Å². The first kappa shape index (κ1) is 18.7. The molecule has 0 atom stereocenters. The second-order valence-corrected chi connectivity index (χ2v) is 5.70. The molecule has 2 heterocycles. The number of ether oxygens (including phenoxy) is 1. The molecule has 0 bridgehead atoms. The lowest BCUT2D eigenvalue weighted by Crippen LogP contribution is -2.44. The Balaban J connectivity index is 0.00000208. The van der Waals surface area contributed by atoms with Gasteiger partial charge in [0.1, 0.15) is 5.82 Å². The molecule has 1 aromatic carbocycles. The molecule has 1 aliphatic heterocycles. The lowest BCUT2D eigenvalue weighted by atomic mass is 10.1. The smallest absolute Gasteiger partial charge is 0.191 e. The van der Waals surface area contributed by atoms with Gasteiger partial charge in [-0.2, -0.15) is 0 Å². The van der Waals surface area contributed by atoms with Crippen LogP contribution in [0.5, 0.6) is 0 Å². The number of aliphatic imine (C=N–C) groups is 1. The van der Waals surface area contributed by atoms with E-state index in [1.54, 1.807) is 0 Å². The molecular formula is C17H24IN5O. The van der Waals surface area contributed by atoms with Gasteiger partial charge in [-0.05, 0) is 18.1 Å². The second kappa shape index (κ2) is 9.03. The van der Waals surface area contributed by atoms with Crippen LogP contribution in [0.2, 0.25) is 0 Å². The van der Waals surface area contributed by atoms with E-state index < -0.39 is 0 Å². The predicted molar refractivity (Wildman–Crippen MR) is 106 cm³/mol. The van der Waals surface area contributed by atoms with Crippen LogP contribution in [0.3, 0.4) is 0 Å². The molecule has 1 saturated heterocycles. The third kappa shape index (κ3) is 4.94. The van der Waals surface area contributed by atoms with Crippen molar-refractivity contribution in [3.05, 3.63) is 53.6 Å². The third-order valence-corrected chi connectivity index (χ3v) is 4.03. The minimum absolute atomic E-state index is 0. The molecule has 2 N–H and O–H groups in total. The molecule has 7 heteroatoms. The van der Waals surface area contributed by atoms with Crippen molar-refractivity contribution in [2.45, 2.75) is 20.0 Å². The van der Waals surface area contributed by atoms with Gasteiger partial charge in [-0.15, -0.1) is 24.0 Å². The van der Waals surface area contributed by atoms with Crippen LogP contribution in [0.25, 0.3) is 0 Å². The summed E-state index contributed by atoms with van der Waals surface area (Å²) in [5, 5.41) is 0. The Hall–Kier alpha value is -1.61. The highest BCUT2D eigenvalue weighted by atomic mass is 127. The topological polar surface area (TPSA) is 68.7 Å². The number of morpholine rings is 1. The van der Waals surface area contributed by atoms with E-state index in [1.165, 1.54) is 5.56 Å². The molecule has 2 aromatic rings. The SMILES string of the molecule is Cc1nccn1Cc1cccc(CN=C(N)N2CCOCC2)c1.I. The van der Waals surface area contributed by atoms with Crippen molar-refractivity contribution in [1.82, 2.24) is 14.5 Å². The lowest BCUT2D eigenvalue weighted by Gasteiger charge is -2.27. The molecule has 1 aliphatic rings. The van der Waals surface area contributed by atoms with Crippen LogP contribution in [-0.4, -0.2) is 46.7 Å². The number of nitrogens with zero attached hydrogens (tertiary/aromatic N) is 4. The Bertz CT molecular complexity index is 679. The number of nitrogens with two attached hydrogens (primary N) is 1. The van der Waals surface area contributed by atoms with Crippen molar-refractivity contribution < 1.29 is 4.74 Å². The van der Waals surface area contributed by atoms with E-state index in [0.717, 1.165) is 44.2 Å². The predicted octanol–water partition coefficient (Wildman–Crippen LogP) is 2.00. The van der Waals surface area contributed by atoms with E-state index in [-0.39, 0.29) is 24.0 Å². The zero-order valence-corrected chi connectivity index (χ0v) is 16.2. The summed E-state index contributed by atoms with van der Waals surface area (Å²) in [6.45, 7) is 6.50. The average molecular weight is 441 g/mol. The number of guanidine groups is 1. The summed E-state index contributed by atoms with van der Waals surface area (Å²) in [5.41, 5.74) is 8.47. The maximum Gasteiger partial charge on any atom is 0.191 e. The van der Waals surface area contributed by atoms with Crippen molar-refractivity contribution in [2.24, 2.45) is 10.7 Å². The number of halogens is 1. The summed E-state index contributed by atoms with van der Waals surface area (Å²) in [6, 6.07) is 8.45. The maximum absolute atomic E-state index is 6.07. The molecule has 0 radical (unpaired) electrons. The van der Waals surface area contributed by atoms with Gasteiger partial charge in [0.2, 0.25) is 0 Å². The summed E-state index contributed by atoms with van der Waals surface area (Å²) in [4.78, 5) is 10.8. The van der Waals surface area contributed by atoms with Crippen LogP contribution in [0, 0.1) is 6.92 Å². The van der Waals surface area contributed by atoms with Crippen LogP contribution < -0.4 is 5.73 Å². The molecule has 0 aliphatic carbocycles. The normalized spacial score (nSPS) is 15.2. The number of hydrogen-bond acceptors (Lipinski definition) is 3. The molecule has 0 unspecified atom stereocenters. The number of benzene rings is 1. The summed E-state index contributed by atoms with van der Waals surface area (Å²) in [7, 11) is 0. The Kier molecular flexibility index (Phi) is 7.04. The van der Waals surface area contributed by atoms with Crippen LogP contribution in [0.1, 0.15) is 17.0 Å². The van der Waals surface area contributed by atoms with Gasteiger partial charge in [0.25, 0.3) is 0 Å². The number of aromatic nitrogens is 2. The average Bonchev–Trinajstić information content (AvgIpc) is 2.99. The van der Waals surface area contributed by atoms with Gasteiger partial charge in [-0.3, -0.25) is 0 Å². The summed E-state index contributed by atoms with van der Waals surface area (Å²) < 4.78 is 7.46. The van der Waals surface area contributed by atoms with Gasteiger partial charge >= 0.3 is 0 Å². The molecule has 6 nitrogen and oxygen atoms in total. The molecular weight excluding hydrogens is 417 g/mol. The fourth-order valence-corrected chi connectivity index (χ4v) is 2.66. The molecule has 1 aromatic heterocycles. The monoisotopic (exact) mass is 441 g/mol. The van der Waals surface area contributed by atoms with Crippen molar-refractivity contribution in [3.8, 4) is 0 Å². The number of aryl methyl sites for hydroxylation is 1. The van der Waals surface area contributed by atoms with E-state index in [1.807, 2.05) is 19.3 Å². The van der Waals surface area contributed by atoms with Gasteiger partial charge in [-0.25, -0.2) is 9.98 Å².